The average Bonchev–Trinajstić information content (AvgIpc) is 2.39. The Labute approximate surface area is 117 Å². The first-order valence-corrected chi connectivity index (χ1v) is 6.04. The van der Waals surface area contributed by atoms with Crippen LogP contribution in [-0.4, -0.2) is 69.6 Å². The van der Waals surface area contributed by atoms with Crippen LogP contribution in [0, 0.1) is 0 Å². The van der Waals surface area contributed by atoms with Crippen LogP contribution in [0.2, 0.25) is 0 Å². The van der Waals surface area contributed by atoms with E-state index >= 15 is 0 Å². The summed E-state index contributed by atoms with van der Waals surface area (Å²) in [5.41, 5.74) is 0. The van der Waals surface area contributed by atoms with E-state index in [0.29, 0.717) is 13.2 Å². The van der Waals surface area contributed by atoms with Gasteiger partial charge in [-0.2, -0.15) is 0 Å². The predicted molar refractivity (Wildman–Crippen MR) is 69.3 cm³/mol. The third-order valence-corrected chi connectivity index (χ3v) is 2.27. The number of amides is 3. The molecule has 0 aromatic carbocycles. The van der Waals surface area contributed by atoms with E-state index in [1.807, 2.05) is 0 Å². The Morgan fingerprint density at radius 3 is 2.35 bits per heavy atom. The number of methoxy groups -OCH3 is 2. The van der Waals surface area contributed by atoms with Crippen molar-refractivity contribution in [3.05, 3.63) is 0 Å². The van der Waals surface area contributed by atoms with E-state index in [9.17, 15) is 14.4 Å². The molecule has 0 fully saturated rings. The van der Waals surface area contributed by atoms with Gasteiger partial charge < -0.3 is 30.5 Å². The van der Waals surface area contributed by atoms with Gasteiger partial charge >= 0.3 is 12.0 Å². The highest BCUT2D eigenvalue weighted by molar-refractivity contribution is 5.79. The molecule has 1 unspecified atom stereocenters. The lowest BCUT2D eigenvalue weighted by atomic mass is 10.3. The summed E-state index contributed by atoms with van der Waals surface area (Å²) >= 11 is 0. The molecule has 0 aliphatic rings. The van der Waals surface area contributed by atoms with Crippen LogP contribution in [0.4, 0.5) is 4.79 Å². The molecular weight excluding hydrogens is 270 g/mol. The summed E-state index contributed by atoms with van der Waals surface area (Å²) in [6, 6.07) is -0.557. The number of hydrogen-bond donors (Lipinski definition) is 4. The van der Waals surface area contributed by atoms with Crippen LogP contribution in [0.25, 0.3) is 0 Å². The third-order valence-electron chi connectivity index (χ3n) is 2.27. The molecule has 9 nitrogen and oxygen atoms in total. The number of carboxylic acids is 1. The molecule has 4 N–H and O–H groups in total. The Morgan fingerprint density at radius 1 is 1.10 bits per heavy atom. The van der Waals surface area contributed by atoms with Crippen molar-refractivity contribution in [2.45, 2.75) is 12.5 Å². The average molecular weight is 291 g/mol. The molecule has 1 atom stereocenters. The van der Waals surface area contributed by atoms with Crippen molar-refractivity contribution in [1.29, 1.82) is 0 Å². The molecule has 0 aliphatic carbocycles. The number of carbonyl (C=O) groups is 3. The largest absolute Gasteiger partial charge is 0.479 e. The van der Waals surface area contributed by atoms with Crippen LogP contribution in [0.5, 0.6) is 0 Å². The zero-order valence-electron chi connectivity index (χ0n) is 11.6. The summed E-state index contributed by atoms with van der Waals surface area (Å²) in [5.74, 6) is -1.37. The number of ether oxygens (including phenoxy) is 2. The molecule has 0 saturated carbocycles. The van der Waals surface area contributed by atoms with Crippen molar-refractivity contribution in [3.63, 3.8) is 0 Å². The summed E-state index contributed by atoms with van der Waals surface area (Å²) in [5, 5.41) is 16.0. The van der Waals surface area contributed by atoms with Crippen LogP contribution in [0.1, 0.15) is 6.42 Å². The summed E-state index contributed by atoms with van der Waals surface area (Å²) in [7, 11) is 2.77. The van der Waals surface area contributed by atoms with Crippen LogP contribution in [-0.2, 0) is 19.1 Å². The molecule has 0 rings (SSSR count). The Bertz CT molecular complexity index is 323. The van der Waals surface area contributed by atoms with Gasteiger partial charge in [-0.25, -0.2) is 9.59 Å². The van der Waals surface area contributed by atoms with E-state index in [1.165, 1.54) is 14.2 Å². The Morgan fingerprint density at radius 2 is 1.80 bits per heavy atom. The smallest absolute Gasteiger partial charge is 0.334 e. The van der Waals surface area contributed by atoms with E-state index in [0.717, 1.165) is 0 Å². The second-order valence-electron chi connectivity index (χ2n) is 3.79. The van der Waals surface area contributed by atoms with Gasteiger partial charge in [0.05, 0.1) is 13.2 Å². The van der Waals surface area contributed by atoms with Gasteiger partial charge in [0, 0.05) is 33.7 Å². The summed E-state index contributed by atoms with van der Waals surface area (Å²) in [6.07, 6.45) is -0.970. The van der Waals surface area contributed by atoms with Gasteiger partial charge in [0.2, 0.25) is 5.91 Å². The molecule has 0 saturated heterocycles. The maximum absolute atomic E-state index is 11.3. The highest BCUT2D eigenvalue weighted by Gasteiger charge is 2.16. The third kappa shape index (κ3) is 9.11. The van der Waals surface area contributed by atoms with Crippen molar-refractivity contribution >= 4 is 17.9 Å². The normalized spacial score (nSPS) is 11.5. The molecule has 0 aromatic heterocycles. The molecule has 0 radical (unpaired) electrons. The Balaban J connectivity index is 3.67. The molecule has 0 heterocycles. The number of rotatable bonds is 10. The van der Waals surface area contributed by atoms with E-state index in [4.69, 9.17) is 9.84 Å². The lowest BCUT2D eigenvalue weighted by Crippen LogP contribution is -2.43. The van der Waals surface area contributed by atoms with Gasteiger partial charge in [0.1, 0.15) is 0 Å². The summed E-state index contributed by atoms with van der Waals surface area (Å²) in [4.78, 5) is 33.2. The highest BCUT2D eigenvalue weighted by atomic mass is 16.5. The first-order valence-electron chi connectivity index (χ1n) is 6.04. The first-order chi connectivity index (χ1) is 9.51. The first kappa shape index (κ1) is 18.1. The Hall–Kier alpha value is -1.87. The summed E-state index contributed by atoms with van der Waals surface area (Å²) in [6.45, 7) is 0.829. The van der Waals surface area contributed by atoms with Crippen molar-refractivity contribution in [1.82, 2.24) is 16.0 Å². The molecule has 0 aliphatic heterocycles. The fourth-order valence-corrected chi connectivity index (χ4v) is 1.19. The molecular formula is C11H21N3O6. The molecule has 20 heavy (non-hydrogen) atoms. The number of carboxylic acid groups (broad SMARTS) is 1. The fourth-order valence-electron chi connectivity index (χ4n) is 1.19. The van der Waals surface area contributed by atoms with Crippen LogP contribution >= 0.6 is 0 Å². The van der Waals surface area contributed by atoms with E-state index in [1.54, 1.807) is 0 Å². The maximum Gasteiger partial charge on any atom is 0.334 e. The lowest BCUT2D eigenvalue weighted by Gasteiger charge is -2.12. The van der Waals surface area contributed by atoms with Gasteiger partial charge in [-0.15, -0.1) is 0 Å². The zero-order valence-corrected chi connectivity index (χ0v) is 11.6. The second-order valence-corrected chi connectivity index (χ2v) is 3.79. The highest BCUT2D eigenvalue weighted by Crippen LogP contribution is 1.87. The van der Waals surface area contributed by atoms with Gasteiger partial charge in [0.15, 0.2) is 6.10 Å². The number of aliphatic carboxylic acids is 1. The number of urea groups is 1. The van der Waals surface area contributed by atoms with Crippen molar-refractivity contribution in [3.8, 4) is 0 Å². The van der Waals surface area contributed by atoms with Crippen molar-refractivity contribution in [2.75, 3.05) is 40.5 Å². The minimum absolute atomic E-state index is 0.129. The minimum Gasteiger partial charge on any atom is -0.479 e. The maximum atomic E-state index is 11.3. The zero-order chi connectivity index (χ0) is 15.4. The van der Waals surface area contributed by atoms with Gasteiger partial charge in [-0.3, -0.25) is 4.79 Å². The van der Waals surface area contributed by atoms with Crippen LogP contribution in [0.15, 0.2) is 0 Å². The Kier molecular flexibility index (Phi) is 9.97. The number of nitrogens with one attached hydrogen (secondary N) is 3. The fraction of sp³-hybridized carbons (Fsp3) is 0.727. The topological polar surface area (TPSA) is 126 Å². The molecule has 116 valence electrons. The quantitative estimate of drug-likeness (QED) is 0.364. The van der Waals surface area contributed by atoms with Crippen molar-refractivity contribution in [2.24, 2.45) is 0 Å². The number of carbonyl (C=O) groups excluding carboxylic acids is 2. The molecule has 0 spiro atoms. The van der Waals surface area contributed by atoms with E-state index in [-0.39, 0.29) is 25.4 Å². The number of hydrogen-bond acceptors (Lipinski definition) is 5. The molecule has 3 amide bonds. The van der Waals surface area contributed by atoms with E-state index < -0.39 is 18.1 Å². The molecule has 0 bridgehead atoms. The monoisotopic (exact) mass is 291 g/mol. The van der Waals surface area contributed by atoms with Crippen molar-refractivity contribution < 1.29 is 29.0 Å². The van der Waals surface area contributed by atoms with Crippen LogP contribution in [0.3, 0.4) is 0 Å². The second kappa shape index (κ2) is 11.0. The predicted octanol–water partition coefficient (Wildman–Crippen LogP) is -1.46. The lowest BCUT2D eigenvalue weighted by molar-refractivity contribution is -0.148. The standard InChI is InChI=1S/C11H21N3O6/c1-19-6-5-12-9(15)3-4-13-11(18)14-7-8(20-2)10(16)17/h8H,3-7H2,1-2H3,(H,12,15)(H,16,17)(H2,13,14,18). The SMILES string of the molecule is COCCNC(=O)CCNC(=O)NCC(OC)C(=O)O. The van der Waals surface area contributed by atoms with Gasteiger partial charge in [-0.1, -0.05) is 0 Å². The van der Waals surface area contributed by atoms with Gasteiger partial charge in [-0.05, 0) is 0 Å². The van der Waals surface area contributed by atoms with Crippen LogP contribution < -0.4 is 16.0 Å². The molecule has 9 heteroatoms. The van der Waals surface area contributed by atoms with Gasteiger partial charge in [0.25, 0.3) is 0 Å². The minimum atomic E-state index is -1.16. The molecule has 0 aromatic rings. The van der Waals surface area contributed by atoms with E-state index in [2.05, 4.69) is 20.7 Å². The summed E-state index contributed by atoms with van der Waals surface area (Å²) < 4.78 is 9.41.